The molecule has 36 heavy (non-hydrogen) atoms. The lowest BCUT2D eigenvalue weighted by Gasteiger charge is -2.42. The van der Waals surface area contributed by atoms with Gasteiger partial charge in [-0.15, -0.1) is 0 Å². The van der Waals surface area contributed by atoms with E-state index in [0.717, 1.165) is 42.9 Å². The van der Waals surface area contributed by atoms with Crippen molar-refractivity contribution in [3.8, 4) is 0 Å². The van der Waals surface area contributed by atoms with Gasteiger partial charge in [-0.2, -0.15) is 26.3 Å². The Kier molecular flexibility index (Phi) is 8.09. The fourth-order valence-electron chi connectivity index (χ4n) is 6.00. The van der Waals surface area contributed by atoms with Crippen LogP contribution in [-0.2, 0) is 0 Å². The minimum absolute atomic E-state index is 0.0681. The van der Waals surface area contributed by atoms with Gasteiger partial charge in [-0.1, -0.05) is 55.9 Å². The first kappa shape index (κ1) is 28.7. The average molecular weight is 521 g/mol. The van der Waals surface area contributed by atoms with Crippen LogP contribution in [0, 0.1) is 17.3 Å². The van der Waals surface area contributed by atoms with Crippen LogP contribution < -0.4 is 0 Å². The lowest BCUT2D eigenvalue weighted by atomic mass is 9.62. The molecule has 9 heteroatoms. The number of allylic oxidation sites excluding steroid dienone is 6. The summed E-state index contributed by atoms with van der Waals surface area (Å²) in [6, 6.07) is 0. The van der Waals surface area contributed by atoms with Crippen LogP contribution >= 0.6 is 0 Å². The minimum Gasteiger partial charge on any atom is -0.393 e. The van der Waals surface area contributed by atoms with Crippen LogP contribution in [-0.4, -0.2) is 45.5 Å². The average Bonchev–Trinajstić information content (AvgIpc) is 3.11. The number of hydrogen-bond acceptors (Lipinski definition) is 3. The van der Waals surface area contributed by atoms with Crippen LogP contribution in [0.4, 0.5) is 26.3 Å². The van der Waals surface area contributed by atoms with E-state index >= 15 is 0 Å². The second kappa shape index (κ2) is 10.1. The molecule has 2 saturated carbocycles. The predicted molar refractivity (Wildman–Crippen MR) is 125 cm³/mol. The highest BCUT2D eigenvalue weighted by molar-refractivity contribution is 5.40. The van der Waals surface area contributed by atoms with E-state index in [-0.39, 0.29) is 36.2 Å². The number of halogens is 6. The van der Waals surface area contributed by atoms with Crippen LogP contribution in [0.3, 0.4) is 0 Å². The third kappa shape index (κ3) is 5.38. The van der Waals surface area contributed by atoms with Gasteiger partial charge >= 0.3 is 12.4 Å². The lowest BCUT2D eigenvalue weighted by molar-refractivity contribution is -0.347. The van der Waals surface area contributed by atoms with Gasteiger partial charge in [0.1, 0.15) is 0 Å². The van der Waals surface area contributed by atoms with Crippen LogP contribution in [0.25, 0.3) is 0 Å². The Hall–Kier alpha value is -1.84. The van der Waals surface area contributed by atoms with Crippen molar-refractivity contribution in [3.05, 3.63) is 59.3 Å². The zero-order valence-corrected chi connectivity index (χ0v) is 20.5. The number of hydrogen-bond donors (Lipinski definition) is 3. The standard InChI is InChI=1S/C27H34F6O3/c1-16(6-4-13-25(36,26(28,29)30)27(31,32)33)21-10-11-22-18(7-5-12-24(21,22)3)8-9-19-14-20(34)15-23(35)17(19)2/h4,8-10,13,16,20,22-23,34-36H,2,5-7,11-12,14-15H2,1,3H3/t16-,20-,22+,23+,24-/m1/s1. The van der Waals surface area contributed by atoms with Gasteiger partial charge in [-0.3, -0.25) is 0 Å². The summed E-state index contributed by atoms with van der Waals surface area (Å²) in [5.74, 6) is -0.151. The molecular formula is C27H34F6O3. The summed E-state index contributed by atoms with van der Waals surface area (Å²) in [7, 11) is 0. The summed E-state index contributed by atoms with van der Waals surface area (Å²) in [4.78, 5) is 0. The fraction of sp³-hybridized carbons (Fsp3) is 0.630. The first-order chi connectivity index (χ1) is 16.5. The van der Waals surface area contributed by atoms with Crippen molar-refractivity contribution in [2.75, 3.05) is 0 Å². The van der Waals surface area contributed by atoms with Crippen molar-refractivity contribution in [1.29, 1.82) is 0 Å². The summed E-state index contributed by atoms with van der Waals surface area (Å²) >= 11 is 0. The van der Waals surface area contributed by atoms with Crippen LogP contribution in [0.5, 0.6) is 0 Å². The molecule has 202 valence electrons. The van der Waals surface area contributed by atoms with Crippen molar-refractivity contribution in [2.45, 2.75) is 89.0 Å². The second-order valence-corrected chi connectivity index (χ2v) is 10.6. The zero-order valence-electron chi connectivity index (χ0n) is 20.5. The van der Waals surface area contributed by atoms with Gasteiger partial charge in [0.25, 0.3) is 5.60 Å². The Morgan fingerprint density at radius 1 is 1.14 bits per heavy atom. The van der Waals surface area contributed by atoms with E-state index in [4.69, 9.17) is 0 Å². The molecule has 0 radical (unpaired) electrons. The van der Waals surface area contributed by atoms with E-state index < -0.39 is 30.2 Å². The number of aliphatic hydroxyl groups is 3. The molecule has 0 saturated heterocycles. The van der Waals surface area contributed by atoms with Crippen LogP contribution in [0.1, 0.15) is 58.8 Å². The van der Waals surface area contributed by atoms with Gasteiger partial charge in [0.15, 0.2) is 0 Å². The van der Waals surface area contributed by atoms with Crippen LogP contribution in [0.2, 0.25) is 0 Å². The summed E-state index contributed by atoms with van der Waals surface area (Å²) < 4.78 is 77.7. The number of rotatable bonds is 5. The molecule has 5 atom stereocenters. The highest BCUT2D eigenvalue weighted by Gasteiger charge is 2.68. The van der Waals surface area contributed by atoms with Gasteiger partial charge in [-0.25, -0.2) is 0 Å². The minimum atomic E-state index is -5.87. The Labute approximate surface area is 207 Å². The van der Waals surface area contributed by atoms with Crippen molar-refractivity contribution in [2.24, 2.45) is 17.3 Å². The van der Waals surface area contributed by atoms with Crippen LogP contribution in [0.15, 0.2) is 59.3 Å². The van der Waals surface area contributed by atoms with Crippen molar-refractivity contribution in [3.63, 3.8) is 0 Å². The van der Waals surface area contributed by atoms with E-state index in [0.29, 0.717) is 12.0 Å². The Balaban J connectivity index is 1.76. The smallest absolute Gasteiger partial charge is 0.393 e. The largest absolute Gasteiger partial charge is 0.429 e. The van der Waals surface area contributed by atoms with Gasteiger partial charge in [0, 0.05) is 6.42 Å². The fourth-order valence-corrected chi connectivity index (χ4v) is 6.00. The third-order valence-electron chi connectivity index (χ3n) is 8.12. The molecule has 0 aromatic carbocycles. The Morgan fingerprint density at radius 3 is 2.39 bits per heavy atom. The van der Waals surface area contributed by atoms with Gasteiger partial charge in [0.05, 0.1) is 12.2 Å². The molecule has 3 nitrogen and oxygen atoms in total. The first-order valence-corrected chi connectivity index (χ1v) is 12.2. The SMILES string of the molecule is C=C1C(=CC=C2CCC[C@]3(C)C([C@H](C)CC=CC(O)(C(F)(F)F)C(F)(F)F)=CC[C@@H]23)C[C@@H](O)C[C@@H]1O. The highest BCUT2D eigenvalue weighted by Crippen LogP contribution is 2.57. The molecule has 0 unspecified atom stereocenters. The van der Waals surface area contributed by atoms with E-state index in [1.165, 1.54) is 5.57 Å². The van der Waals surface area contributed by atoms with Crippen molar-refractivity contribution >= 4 is 0 Å². The molecule has 0 spiro atoms. The molecule has 0 bridgehead atoms. The molecule has 3 N–H and O–H groups in total. The molecule has 0 heterocycles. The molecule has 0 amide bonds. The topological polar surface area (TPSA) is 60.7 Å². The van der Waals surface area contributed by atoms with Crippen molar-refractivity contribution < 1.29 is 41.7 Å². The van der Waals surface area contributed by atoms with E-state index in [9.17, 15) is 41.7 Å². The Morgan fingerprint density at radius 2 is 1.78 bits per heavy atom. The van der Waals surface area contributed by atoms with E-state index in [1.807, 2.05) is 18.2 Å². The monoisotopic (exact) mass is 520 g/mol. The summed E-state index contributed by atoms with van der Waals surface area (Å²) in [6.45, 7) is 7.80. The second-order valence-electron chi connectivity index (χ2n) is 10.6. The summed E-state index contributed by atoms with van der Waals surface area (Å²) in [5.41, 5.74) is -1.56. The predicted octanol–water partition coefficient (Wildman–Crippen LogP) is 6.49. The molecule has 3 aliphatic rings. The van der Waals surface area contributed by atoms with Gasteiger partial charge in [0.2, 0.25) is 0 Å². The Bertz CT molecular complexity index is 957. The lowest BCUT2D eigenvalue weighted by Crippen LogP contribution is -2.55. The zero-order chi connectivity index (χ0) is 27.1. The maximum atomic E-state index is 12.9. The summed E-state index contributed by atoms with van der Waals surface area (Å²) in [6.07, 6.45) is -2.69. The number of fused-ring (bicyclic) bond motifs is 1. The maximum Gasteiger partial charge on any atom is 0.429 e. The van der Waals surface area contributed by atoms with E-state index in [1.54, 1.807) is 6.92 Å². The number of alkyl halides is 6. The molecule has 0 aliphatic heterocycles. The molecule has 0 aromatic heterocycles. The quantitative estimate of drug-likeness (QED) is 0.287. The molecule has 3 rings (SSSR count). The molecule has 2 fully saturated rings. The first-order valence-electron chi connectivity index (χ1n) is 12.2. The molecule has 0 aromatic rings. The number of aliphatic hydroxyl groups excluding tert-OH is 2. The maximum absolute atomic E-state index is 12.9. The third-order valence-corrected chi connectivity index (χ3v) is 8.12. The normalized spacial score (nSPS) is 33.4. The molecule has 3 aliphatic carbocycles. The highest BCUT2D eigenvalue weighted by atomic mass is 19.4. The van der Waals surface area contributed by atoms with E-state index in [2.05, 4.69) is 13.5 Å². The van der Waals surface area contributed by atoms with Crippen molar-refractivity contribution in [1.82, 2.24) is 0 Å². The van der Waals surface area contributed by atoms with Gasteiger partial charge in [-0.05, 0) is 73.0 Å². The summed E-state index contributed by atoms with van der Waals surface area (Å²) in [5, 5.41) is 29.4. The van der Waals surface area contributed by atoms with Gasteiger partial charge < -0.3 is 15.3 Å². The molecular weight excluding hydrogens is 486 g/mol.